The SMILES string of the molecule is COc1ccc(C(=O)NC/C=C/CN)cc1. The summed E-state index contributed by atoms with van der Waals surface area (Å²) in [6, 6.07) is 6.96. The van der Waals surface area contributed by atoms with Gasteiger partial charge in [0.15, 0.2) is 0 Å². The van der Waals surface area contributed by atoms with Crippen LogP contribution in [0.2, 0.25) is 0 Å². The molecule has 3 N–H and O–H groups in total. The number of benzene rings is 1. The zero-order chi connectivity index (χ0) is 11.8. The zero-order valence-corrected chi connectivity index (χ0v) is 9.27. The minimum Gasteiger partial charge on any atom is -0.497 e. The van der Waals surface area contributed by atoms with Crippen molar-refractivity contribution in [2.75, 3.05) is 20.2 Å². The van der Waals surface area contributed by atoms with Crippen LogP contribution in [0.1, 0.15) is 10.4 Å². The van der Waals surface area contributed by atoms with Crippen LogP contribution in [0.25, 0.3) is 0 Å². The molecule has 0 fully saturated rings. The highest BCUT2D eigenvalue weighted by Gasteiger charge is 2.03. The van der Waals surface area contributed by atoms with E-state index in [2.05, 4.69) is 5.32 Å². The first-order valence-corrected chi connectivity index (χ1v) is 5.05. The number of amides is 1. The molecule has 0 heterocycles. The number of carbonyl (C=O) groups excluding carboxylic acids is 1. The van der Waals surface area contributed by atoms with Crippen LogP contribution in [0.4, 0.5) is 0 Å². The molecule has 4 nitrogen and oxygen atoms in total. The van der Waals surface area contributed by atoms with Crippen LogP contribution in [0.3, 0.4) is 0 Å². The van der Waals surface area contributed by atoms with E-state index in [1.54, 1.807) is 37.5 Å². The fourth-order valence-corrected chi connectivity index (χ4v) is 1.18. The Balaban J connectivity index is 2.49. The Morgan fingerprint density at radius 3 is 2.62 bits per heavy atom. The molecule has 86 valence electrons. The lowest BCUT2D eigenvalue weighted by Crippen LogP contribution is -2.23. The maximum atomic E-state index is 11.6. The van der Waals surface area contributed by atoms with Gasteiger partial charge in [0, 0.05) is 18.7 Å². The van der Waals surface area contributed by atoms with Crippen LogP contribution >= 0.6 is 0 Å². The number of hydrogen-bond donors (Lipinski definition) is 2. The lowest BCUT2D eigenvalue weighted by molar-refractivity contribution is 0.0958. The molecule has 0 bridgehead atoms. The molecule has 0 aliphatic heterocycles. The molecule has 0 aromatic heterocycles. The van der Waals surface area contributed by atoms with Gasteiger partial charge in [0.05, 0.1) is 7.11 Å². The Hall–Kier alpha value is -1.81. The van der Waals surface area contributed by atoms with Gasteiger partial charge in [0.1, 0.15) is 5.75 Å². The molecular weight excluding hydrogens is 204 g/mol. The highest BCUT2D eigenvalue weighted by atomic mass is 16.5. The number of hydrogen-bond acceptors (Lipinski definition) is 3. The van der Waals surface area contributed by atoms with Gasteiger partial charge in [0.25, 0.3) is 5.91 Å². The van der Waals surface area contributed by atoms with Crippen molar-refractivity contribution in [3.05, 3.63) is 42.0 Å². The molecule has 1 amide bonds. The molecule has 0 unspecified atom stereocenters. The van der Waals surface area contributed by atoms with E-state index in [0.717, 1.165) is 5.75 Å². The Kier molecular flexibility index (Phi) is 5.08. The minimum absolute atomic E-state index is 0.107. The lowest BCUT2D eigenvalue weighted by atomic mass is 10.2. The van der Waals surface area contributed by atoms with Crippen LogP contribution in [0, 0.1) is 0 Å². The normalized spacial score (nSPS) is 10.4. The fourth-order valence-electron chi connectivity index (χ4n) is 1.18. The van der Waals surface area contributed by atoms with Crippen LogP contribution < -0.4 is 15.8 Å². The molecule has 0 aliphatic rings. The molecule has 0 spiro atoms. The summed E-state index contributed by atoms with van der Waals surface area (Å²) in [5.41, 5.74) is 5.89. The van der Waals surface area contributed by atoms with Crippen LogP contribution in [-0.2, 0) is 0 Å². The molecule has 0 saturated heterocycles. The van der Waals surface area contributed by atoms with E-state index in [0.29, 0.717) is 18.7 Å². The van der Waals surface area contributed by atoms with Crippen molar-refractivity contribution in [1.82, 2.24) is 5.32 Å². The predicted octanol–water partition coefficient (Wildman–Crippen LogP) is 0.940. The van der Waals surface area contributed by atoms with Gasteiger partial charge in [0.2, 0.25) is 0 Å². The van der Waals surface area contributed by atoms with Gasteiger partial charge in [-0.2, -0.15) is 0 Å². The summed E-state index contributed by atoms with van der Waals surface area (Å²) in [7, 11) is 1.59. The molecule has 0 atom stereocenters. The van der Waals surface area contributed by atoms with E-state index in [9.17, 15) is 4.79 Å². The average Bonchev–Trinajstić information content (AvgIpc) is 2.34. The average molecular weight is 220 g/mol. The summed E-state index contributed by atoms with van der Waals surface area (Å²) in [6.45, 7) is 0.973. The third-order valence-corrected chi connectivity index (χ3v) is 2.04. The van der Waals surface area contributed by atoms with Crippen molar-refractivity contribution in [3.8, 4) is 5.75 Å². The van der Waals surface area contributed by atoms with Crippen LogP contribution in [0.15, 0.2) is 36.4 Å². The number of nitrogens with one attached hydrogen (secondary N) is 1. The van der Waals surface area contributed by atoms with E-state index in [1.807, 2.05) is 6.08 Å². The van der Waals surface area contributed by atoms with E-state index in [-0.39, 0.29) is 5.91 Å². The summed E-state index contributed by atoms with van der Waals surface area (Å²) < 4.78 is 5.01. The summed E-state index contributed by atoms with van der Waals surface area (Å²) >= 11 is 0. The van der Waals surface area contributed by atoms with Gasteiger partial charge in [-0.15, -0.1) is 0 Å². The third kappa shape index (κ3) is 3.74. The highest BCUT2D eigenvalue weighted by Crippen LogP contribution is 2.10. The van der Waals surface area contributed by atoms with Crippen molar-refractivity contribution in [1.29, 1.82) is 0 Å². The first-order valence-electron chi connectivity index (χ1n) is 5.05. The van der Waals surface area contributed by atoms with Crippen molar-refractivity contribution < 1.29 is 9.53 Å². The maximum absolute atomic E-state index is 11.6. The Labute approximate surface area is 95.1 Å². The summed E-state index contributed by atoms with van der Waals surface area (Å²) in [4.78, 5) is 11.6. The summed E-state index contributed by atoms with van der Waals surface area (Å²) in [5.74, 6) is 0.629. The second-order valence-electron chi connectivity index (χ2n) is 3.15. The van der Waals surface area contributed by atoms with Gasteiger partial charge in [-0.1, -0.05) is 12.2 Å². The molecule has 1 aromatic carbocycles. The second kappa shape index (κ2) is 6.63. The van der Waals surface area contributed by atoms with Crippen molar-refractivity contribution >= 4 is 5.91 Å². The van der Waals surface area contributed by atoms with Gasteiger partial charge < -0.3 is 15.8 Å². The van der Waals surface area contributed by atoms with E-state index in [1.165, 1.54) is 0 Å². The number of rotatable bonds is 5. The molecule has 0 saturated carbocycles. The van der Waals surface area contributed by atoms with Gasteiger partial charge in [-0.05, 0) is 24.3 Å². The molecule has 4 heteroatoms. The molecule has 1 rings (SSSR count). The van der Waals surface area contributed by atoms with Gasteiger partial charge in [-0.25, -0.2) is 0 Å². The monoisotopic (exact) mass is 220 g/mol. The predicted molar refractivity (Wildman–Crippen MR) is 63.5 cm³/mol. The Bertz CT molecular complexity index is 358. The first kappa shape index (κ1) is 12.3. The summed E-state index contributed by atoms with van der Waals surface area (Å²) in [6.07, 6.45) is 3.62. The first-order chi connectivity index (χ1) is 7.77. The molecule has 0 radical (unpaired) electrons. The van der Waals surface area contributed by atoms with Crippen molar-refractivity contribution in [3.63, 3.8) is 0 Å². The topological polar surface area (TPSA) is 64.3 Å². The quantitative estimate of drug-likeness (QED) is 0.726. The Morgan fingerprint density at radius 1 is 1.38 bits per heavy atom. The standard InChI is InChI=1S/C12H16N2O2/c1-16-11-6-4-10(5-7-11)12(15)14-9-3-2-8-13/h2-7H,8-9,13H2,1H3,(H,14,15)/b3-2+. The fraction of sp³-hybridized carbons (Fsp3) is 0.250. The molecule has 1 aromatic rings. The number of methoxy groups -OCH3 is 1. The van der Waals surface area contributed by atoms with Gasteiger partial charge in [-0.3, -0.25) is 4.79 Å². The number of ether oxygens (including phenoxy) is 1. The summed E-state index contributed by atoms with van der Waals surface area (Å²) in [5, 5.41) is 2.75. The molecule has 16 heavy (non-hydrogen) atoms. The van der Waals surface area contributed by atoms with Crippen molar-refractivity contribution in [2.45, 2.75) is 0 Å². The van der Waals surface area contributed by atoms with E-state index in [4.69, 9.17) is 10.5 Å². The highest BCUT2D eigenvalue weighted by molar-refractivity contribution is 5.94. The maximum Gasteiger partial charge on any atom is 0.251 e. The minimum atomic E-state index is -0.107. The lowest BCUT2D eigenvalue weighted by Gasteiger charge is -2.03. The van der Waals surface area contributed by atoms with Crippen LogP contribution in [-0.4, -0.2) is 26.1 Å². The molecule has 0 aliphatic carbocycles. The largest absolute Gasteiger partial charge is 0.497 e. The van der Waals surface area contributed by atoms with Crippen LogP contribution in [0.5, 0.6) is 5.75 Å². The van der Waals surface area contributed by atoms with Gasteiger partial charge >= 0.3 is 0 Å². The smallest absolute Gasteiger partial charge is 0.251 e. The number of carbonyl (C=O) groups is 1. The Morgan fingerprint density at radius 2 is 2.06 bits per heavy atom. The molecular formula is C12H16N2O2. The van der Waals surface area contributed by atoms with Crippen molar-refractivity contribution in [2.24, 2.45) is 5.73 Å². The van der Waals surface area contributed by atoms with E-state index >= 15 is 0 Å². The zero-order valence-electron chi connectivity index (χ0n) is 9.27. The number of nitrogens with two attached hydrogens (primary N) is 1. The second-order valence-corrected chi connectivity index (χ2v) is 3.15. The van der Waals surface area contributed by atoms with E-state index < -0.39 is 0 Å². The third-order valence-electron chi connectivity index (χ3n) is 2.04.